The van der Waals surface area contributed by atoms with Crippen molar-refractivity contribution in [2.24, 2.45) is 0 Å². The lowest BCUT2D eigenvalue weighted by Crippen LogP contribution is -1.91. The molecule has 2 aromatic rings. The van der Waals surface area contributed by atoms with Crippen LogP contribution in [0.1, 0.15) is 20.7 Å². The third kappa shape index (κ3) is 1.96. The number of aldehydes is 2. The normalized spacial score (nSPS) is 10.0. The van der Waals surface area contributed by atoms with Gasteiger partial charge in [0, 0.05) is 16.7 Å². The molecule has 0 radical (unpaired) electrons. The van der Waals surface area contributed by atoms with Gasteiger partial charge in [0.15, 0.2) is 17.8 Å². The van der Waals surface area contributed by atoms with E-state index in [9.17, 15) is 19.8 Å². The van der Waals surface area contributed by atoms with Gasteiger partial charge in [-0.05, 0) is 17.7 Å². The summed E-state index contributed by atoms with van der Waals surface area (Å²) in [5.74, 6) is -0.593. The van der Waals surface area contributed by atoms with E-state index >= 15 is 0 Å². The van der Waals surface area contributed by atoms with Crippen molar-refractivity contribution in [2.45, 2.75) is 0 Å². The van der Waals surface area contributed by atoms with E-state index in [1.54, 1.807) is 12.1 Å². The summed E-state index contributed by atoms with van der Waals surface area (Å²) in [6, 6.07) is 8.95. The minimum atomic E-state index is -0.316. The predicted octanol–water partition coefficient (Wildman–Crippen LogP) is 2.39. The van der Waals surface area contributed by atoms with Crippen molar-refractivity contribution in [2.75, 3.05) is 0 Å². The summed E-state index contributed by atoms with van der Waals surface area (Å²) in [5.41, 5.74) is 1.43. The zero-order valence-corrected chi connectivity index (χ0v) is 9.33. The van der Waals surface area contributed by atoms with Gasteiger partial charge in [-0.15, -0.1) is 0 Å². The first-order valence-corrected chi connectivity index (χ1v) is 5.23. The molecule has 0 saturated carbocycles. The first-order valence-electron chi connectivity index (χ1n) is 5.23. The fourth-order valence-electron chi connectivity index (χ4n) is 1.73. The summed E-state index contributed by atoms with van der Waals surface area (Å²) >= 11 is 0. The quantitative estimate of drug-likeness (QED) is 0.640. The van der Waals surface area contributed by atoms with Gasteiger partial charge in [-0.2, -0.15) is 0 Å². The van der Waals surface area contributed by atoms with Crippen molar-refractivity contribution in [1.82, 2.24) is 0 Å². The molecule has 18 heavy (non-hydrogen) atoms. The van der Waals surface area contributed by atoms with Crippen LogP contribution in [-0.2, 0) is 0 Å². The van der Waals surface area contributed by atoms with Gasteiger partial charge in [0.05, 0.1) is 0 Å². The molecule has 90 valence electrons. The standard InChI is InChI=1S/C14H10O4/c15-7-9-4-5-10(8-16)12(6-9)11-2-1-3-13(17)14(11)18/h1-8,17-18H. The maximum Gasteiger partial charge on any atom is 0.165 e. The van der Waals surface area contributed by atoms with Crippen LogP contribution < -0.4 is 0 Å². The van der Waals surface area contributed by atoms with Gasteiger partial charge in [0.2, 0.25) is 0 Å². The number of hydrogen-bond donors (Lipinski definition) is 2. The lowest BCUT2D eigenvalue weighted by atomic mass is 9.97. The van der Waals surface area contributed by atoms with Crippen LogP contribution in [0.4, 0.5) is 0 Å². The Labute approximate surface area is 103 Å². The SMILES string of the molecule is O=Cc1ccc(C=O)c(-c2cccc(O)c2O)c1. The minimum Gasteiger partial charge on any atom is -0.504 e. The van der Waals surface area contributed by atoms with E-state index in [2.05, 4.69) is 0 Å². The Morgan fingerprint density at radius 1 is 0.889 bits per heavy atom. The van der Waals surface area contributed by atoms with Crippen molar-refractivity contribution < 1.29 is 19.8 Å². The Bertz CT molecular complexity index is 617. The van der Waals surface area contributed by atoms with E-state index < -0.39 is 0 Å². The highest BCUT2D eigenvalue weighted by Crippen LogP contribution is 2.37. The van der Waals surface area contributed by atoms with Gasteiger partial charge in [-0.3, -0.25) is 9.59 Å². The molecule has 0 aliphatic carbocycles. The first kappa shape index (κ1) is 11.9. The fourth-order valence-corrected chi connectivity index (χ4v) is 1.73. The number of carbonyl (C=O) groups is 2. The van der Waals surface area contributed by atoms with Crippen LogP contribution in [0.15, 0.2) is 36.4 Å². The lowest BCUT2D eigenvalue weighted by Gasteiger charge is -2.09. The number of phenols is 2. The molecule has 2 rings (SSSR count). The second kappa shape index (κ2) is 4.71. The highest BCUT2D eigenvalue weighted by molar-refractivity contribution is 5.92. The summed E-state index contributed by atoms with van der Waals surface area (Å²) in [4.78, 5) is 21.7. The number of benzene rings is 2. The topological polar surface area (TPSA) is 74.6 Å². The van der Waals surface area contributed by atoms with Crippen LogP contribution in [-0.4, -0.2) is 22.8 Å². The number of hydrogen-bond acceptors (Lipinski definition) is 4. The predicted molar refractivity (Wildman–Crippen MR) is 66.0 cm³/mol. The van der Waals surface area contributed by atoms with Crippen LogP contribution in [0.25, 0.3) is 11.1 Å². The maximum atomic E-state index is 11.0. The van der Waals surface area contributed by atoms with Gasteiger partial charge in [0.25, 0.3) is 0 Å². The molecule has 0 heterocycles. The molecule has 0 aliphatic rings. The highest BCUT2D eigenvalue weighted by atomic mass is 16.3. The second-order valence-corrected chi connectivity index (χ2v) is 3.76. The Hall–Kier alpha value is -2.62. The summed E-state index contributed by atoms with van der Waals surface area (Å²) < 4.78 is 0. The summed E-state index contributed by atoms with van der Waals surface area (Å²) in [6.45, 7) is 0. The molecular weight excluding hydrogens is 232 g/mol. The molecule has 0 saturated heterocycles. The average molecular weight is 242 g/mol. The van der Waals surface area contributed by atoms with Gasteiger partial charge < -0.3 is 10.2 Å². The summed E-state index contributed by atoms with van der Waals surface area (Å²) in [6.07, 6.45) is 1.28. The summed E-state index contributed by atoms with van der Waals surface area (Å²) in [5, 5.41) is 19.2. The monoisotopic (exact) mass is 242 g/mol. The minimum absolute atomic E-state index is 0.277. The van der Waals surface area contributed by atoms with E-state index in [0.29, 0.717) is 34.8 Å². The van der Waals surface area contributed by atoms with Crippen LogP contribution in [0.2, 0.25) is 0 Å². The Balaban J connectivity index is 2.72. The van der Waals surface area contributed by atoms with Gasteiger partial charge in [-0.25, -0.2) is 0 Å². The molecule has 0 atom stereocenters. The zero-order chi connectivity index (χ0) is 13.1. The van der Waals surface area contributed by atoms with Gasteiger partial charge in [0.1, 0.15) is 6.29 Å². The Morgan fingerprint density at radius 2 is 1.67 bits per heavy atom. The Morgan fingerprint density at radius 3 is 2.33 bits per heavy atom. The smallest absolute Gasteiger partial charge is 0.165 e. The second-order valence-electron chi connectivity index (χ2n) is 3.76. The number of carbonyl (C=O) groups excluding carboxylic acids is 2. The molecule has 0 unspecified atom stereocenters. The molecule has 0 aromatic heterocycles. The molecule has 0 bridgehead atoms. The van der Waals surface area contributed by atoms with Crippen LogP contribution in [0.5, 0.6) is 11.5 Å². The van der Waals surface area contributed by atoms with Gasteiger partial charge >= 0.3 is 0 Å². The zero-order valence-electron chi connectivity index (χ0n) is 9.33. The third-order valence-corrected chi connectivity index (χ3v) is 2.65. The van der Waals surface area contributed by atoms with Crippen molar-refractivity contribution in [3.05, 3.63) is 47.5 Å². The fraction of sp³-hybridized carbons (Fsp3) is 0. The molecule has 2 N–H and O–H groups in total. The average Bonchev–Trinajstić information content (AvgIpc) is 2.41. The van der Waals surface area contributed by atoms with Gasteiger partial charge in [-0.1, -0.05) is 24.3 Å². The van der Waals surface area contributed by atoms with E-state index in [4.69, 9.17) is 0 Å². The molecule has 2 aromatic carbocycles. The molecular formula is C14H10O4. The van der Waals surface area contributed by atoms with Crippen molar-refractivity contribution >= 4 is 12.6 Å². The number of rotatable bonds is 3. The van der Waals surface area contributed by atoms with Crippen LogP contribution in [0.3, 0.4) is 0 Å². The number of aromatic hydroxyl groups is 2. The number of para-hydroxylation sites is 1. The number of phenolic OH excluding ortho intramolecular Hbond substituents is 2. The lowest BCUT2D eigenvalue weighted by molar-refractivity contribution is 0.111. The maximum absolute atomic E-state index is 11.0. The Kier molecular flexibility index (Phi) is 3.10. The molecule has 0 amide bonds. The van der Waals surface area contributed by atoms with E-state index in [1.165, 1.54) is 24.3 Å². The first-order chi connectivity index (χ1) is 8.67. The van der Waals surface area contributed by atoms with E-state index in [1.807, 2.05) is 0 Å². The third-order valence-electron chi connectivity index (χ3n) is 2.65. The molecule has 4 heteroatoms. The van der Waals surface area contributed by atoms with E-state index in [-0.39, 0.29) is 11.5 Å². The van der Waals surface area contributed by atoms with Crippen molar-refractivity contribution in [3.63, 3.8) is 0 Å². The summed E-state index contributed by atoms with van der Waals surface area (Å²) in [7, 11) is 0. The van der Waals surface area contributed by atoms with Crippen molar-refractivity contribution in [3.8, 4) is 22.6 Å². The molecule has 4 nitrogen and oxygen atoms in total. The van der Waals surface area contributed by atoms with Crippen molar-refractivity contribution in [1.29, 1.82) is 0 Å². The largest absolute Gasteiger partial charge is 0.504 e. The highest BCUT2D eigenvalue weighted by Gasteiger charge is 2.12. The molecule has 0 fully saturated rings. The molecule has 0 spiro atoms. The van der Waals surface area contributed by atoms with Crippen LogP contribution >= 0.6 is 0 Å². The van der Waals surface area contributed by atoms with Crippen LogP contribution in [0, 0.1) is 0 Å². The van der Waals surface area contributed by atoms with E-state index in [0.717, 1.165) is 0 Å². The molecule has 0 aliphatic heterocycles.